The molecule has 3 rings (SSSR count). The minimum Gasteiger partial charge on any atom is -0.465 e. The molecule has 5 unspecified atom stereocenters. The fourth-order valence-electron chi connectivity index (χ4n) is 4.84. The lowest BCUT2D eigenvalue weighted by atomic mass is 10.0. The summed E-state index contributed by atoms with van der Waals surface area (Å²) >= 11 is 0. The van der Waals surface area contributed by atoms with E-state index < -0.39 is 12.1 Å². The maximum atomic E-state index is 13.2. The van der Waals surface area contributed by atoms with Gasteiger partial charge in [0.15, 0.2) is 0 Å². The fraction of sp³-hybridized carbons (Fsp3) is 0.609. The summed E-state index contributed by atoms with van der Waals surface area (Å²) in [6.45, 7) is 3.86. The molecule has 1 heterocycles. The van der Waals surface area contributed by atoms with E-state index in [0.717, 1.165) is 37.5 Å². The summed E-state index contributed by atoms with van der Waals surface area (Å²) in [6, 6.07) is 8.65. The van der Waals surface area contributed by atoms with E-state index >= 15 is 0 Å². The Balaban J connectivity index is 1.66. The van der Waals surface area contributed by atoms with Crippen LogP contribution in [0.2, 0.25) is 0 Å². The normalized spacial score (nSPS) is 25.3. The number of fused-ring (bicyclic) bond motifs is 1. The van der Waals surface area contributed by atoms with Gasteiger partial charge in [-0.25, -0.2) is 0 Å². The van der Waals surface area contributed by atoms with Crippen molar-refractivity contribution in [2.24, 2.45) is 5.92 Å². The van der Waals surface area contributed by atoms with Crippen molar-refractivity contribution in [3.63, 3.8) is 0 Å². The molecule has 1 saturated heterocycles. The molecule has 6 nitrogen and oxygen atoms in total. The number of esters is 1. The third-order valence-electron chi connectivity index (χ3n) is 6.25. The summed E-state index contributed by atoms with van der Waals surface area (Å²) in [6.07, 6.45) is 6.08. The Labute approximate surface area is 173 Å². The van der Waals surface area contributed by atoms with Gasteiger partial charge in [0.05, 0.1) is 18.7 Å². The number of carbonyl (C=O) groups excluding carboxylic acids is 3. The van der Waals surface area contributed by atoms with Gasteiger partial charge in [-0.2, -0.15) is 0 Å². The van der Waals surface area contributed by atoms with Gasteiger partial charge >= 0.3 is 5.97 Å². The smallest absolute Gasteiger partial charge is 0.323 e. The summed E-state index contributed by atoms with van der Waals surface area (Å²) in [4.78, 5) is 39.0. The third kappa shape index (κ3) is 5.04. The van der Waals surface area contributed by atoms with Crippen LogP contribution in [0.3, 0.4) is 0 Å². The predicted molar refractivity (Wildman–Crippen MR) is 110 cm³/mol. The molecular formula is C23H32N2O4. The van der Waals surface area contributed by atoms with Gasteiger partial charge in [0.1, 0.15) is 12.3 Å². The fourth-order valence-corrected chi connectivity index (χ4v) is 4.84. The summed E-state index contributed by atoms with van der Waals surface area (Å²) in [5, 5.41) is 3.19. The van der Waals surface area contributed by atoms with Crippen molar-refractivity contribution in [3.05, 3.63) is 35.9 Å². The maximum absolute atomic E-state index is 13.2. The van der Waals surface area contributed by atoms with Gasteiger partial charge in [-0.05, 0) is 57.4 Å². The van der Waals surface area contributed by atoms with Crippen molar-refractivity contribution >= 4 is 18.2 Å². The van der Waals surface area contributed by atoms with Crippen LogP contribution in [-0.2, 0) is 25.5 Å². The molecule has 0 spiro atoms. The first kappa shape index (κ1) is 21.5. The van der Waals surface area contributed by atoms with Crippen molar-refractivity contribution in [3.8, 4) is 0 Å². The molecule has 5 atom stereocenters. The van der Waals surface area contributed by atoms with Gasteiger partial charge in [0, 0.05) is 6.04 Å². The number of carbonyl (C=O) groups is 3. The molecule has 0 bridgehead atoms. The topological polar surface area (TPSA) is 75.7 Å². The number of benzene rings is 1. The minimum atomic E-state index is -0.564. The van der Waals surface area contributed by atoms with E-state index in [1.54, 1.807) is 18.7 Å². The SMILES string of the molecule is CCOC(=O)C(CCc1ccccc1)NC(C)C(=O)N1C(C=O)CC2CCCC21. The van der Waals surface area contributed by atoms with E-state index in [1.807, 2.05) is 30.3 Å². The zero-order chi connectivity index (χ0) is 20.8. The number of likely N-dealkylation sites (tertiary alicyclic amines) is 1. The van der Waals surface area contributed by atoms with Crippen molar-refractivity contribution in [2.45, 2.75) is 76.5 Å². The number of hydrogen-bond donors (Lipinski definition) is 1. The van der Waals surface area contributed by atoms with Crippen molar-refractivity contribution < 1.29 is 19.1 Å². The second kappa shape index (κ2) is 10.0. The summed E-state index contributed by atoms with van der Waals surface area (Å²) in [5.41, 5.74) is 1.14. The Kier molecular flexibility index (Phi) is 7.42. The van der Waals surface area contributed by atoms with Crippen LogP contribution in [0.4, 0.5) is 0 Å². The lowest BCUT2D eigenvalue weighted by Crippen LogP contribution is -2.54. The van der Waals surface area contributed by atoms with Crippen LogP contribution >= 0.6 is 0 Å². The van der Waals surface area contributed by atoms with Gasteiger partial charge < -0.3 is 14.4 Å². The van der Waals surface area contributed by atoms with Gasteiger partial charge in [-0.1, -0.05) is 36.8 Å². The highest BCUT2D eigenvalue weighted by Gasteiger charge is 2.46. The second-order valence-electron chi connectivity index (χ2n) is 8.16. The molecule has 1 aromatic carbocycles. The minimum absolute atomic E-state index is 0.0921. The molecule has 2 fully saturated rings. The van der Waals surface area contributed by atoms with E-state index in [-0.39, 0.29) is 24.0 Å². The molecule has 2 aliphatic rings. The third-order valence-corrected chi connectivity index (χ3v) is 6.25. The number of aryl methyl sites for hydroxylation is 1. The molecule has 0 aromatic heterocycles. The lowest BCUT2D eigenvalue weighted by molar-refractivity contribution is -0.147. The van der Waals surface area contributed by atoms with E-state index in [2.05, 4.69) is 5.32 Å². The molecule has 1 aliphatic carbocycles. The van der Waals surface area contributed by atoms with Crippen molar-refractivity contribution in [1.29, 1.82) is 0 Å². The van der Waals surface area contributed by atoms with E-state index in [0.29, 0.717) is 25.4 Å². The first-order chi connectivity index (χ1) is 14.0. The number of amides is 1. The highest BCUT2D eigenvalue weighted by molar-refractivity contribution is 5.86. The summed E-state index contributed by atoms with van der Waals surface area (Å²) in [5.74, 6) is 0.000905. The molecule has 1 aromatic rings. The number of aldehydes is 1. The van der Waals surface area contributed by atoms with Crippen LogP contribution in [-0.4, -0.2) is 53.8 Å². The number of ether oxygens (including phenoxy) is 1. The number of hydrogen-bond acceptors (Lipinski definition) is 5. The Hall–Kier alpha value is -2.21. The largest absolute Gasteiger partial charge is 0.465 e. The van der Waals surface area contributed by atoms with Crippen LogP contribution in [0.15, 0.2) is 30.3 Å². The Morgan fingerprint density at radius 3 is 2.72 bits per heavy atom. The number of nitrogens with one attached hydrogen (secondary N) is 1. The van der Waals surface area contributed by atoms with Crippen LogP contribution in [0.5, 0.6) is 0 Å². The second-order valence-corrected chi connectivity index (χ2v) is 8.16. The summed E-state index contributed by atoms with van der Waals surface area (Å²) in [7, 11) is 0. The average Bonchev–Trinajstić information content (AvgIpc) is 3.32. The number of nitrogens with zero attached hydrogens (tertiary/aromatic N) is 1. The van der Waals surface area contributed by atoms with Crippen LogP contribution in [0.25, 0.3) is 0 Å². The summed E-state index contributed by atoms with van der Waals surface area (Å²) < 4.78 is 5.23. The molecule has 1 saturated carbocycles. The molecule has 1 aliphatic heterocycles. The first-order valence-corrected chi connectivity index (χ1v) is 10.8. The number of rotatable bonds is 9. The van der Waals surface area contributed by atoms with E-state index in [1.165, 1.54) is 0 Å². The Morgan fingerprint density at radius 1 is 1.28 bits per heavy atom. The van der Waals surface area contributed by atoms with E-state index in [4.69, 9.17) is 4.74 Å². The van der Waals surface area contributed by atoms with Crippen molar-refractivity contribution in [2.75, 3.05) is 6.61 Å². The maximum Gasteiger partial charge on any atom is 0.323 e. The van der Waals surface area contributed by atoms with Crippen LogP contribution in [0.1, 0.15) is 51.5 Å². The predicted octanol–water partition coefficient (Wildman–Crippen LogP) is 2.50. The lowest BCUT2D eigenvalue weighted by Gasteiger charge is -2.31. The molecule has 29 heavy (non-hydrogen) atoms. The van der Waals surface area contributed by atoms with Gasteiger partial charge in [-0.3, -0.25) is 14.9 Å². The zero-order valence-corrected chi connectivity index (χ0v) is 17.4. The van der Waals surface area contributed by atoms with Gasteiger partial charge in [-0.15, -0.1) is 0 Å². The highest BCUT2D eigenvalue weighted by Crippen LogP contribution is 2.40. The van der Waals surface area contributed by atoms with Crippen molar-refractivity contribution in [1.82, 2.24) is 10.2 Å². The van der Waals surface area contributed by atoms with Crippen LogP contribution < -0.4 is 5.32 Å². The molecule has 6 heteroatoms. The first-order valence-electron chi connectivity index (χ1n) is 10.8. The molecule has 0 radical (unpaired) electrons. The molecule has 158 valence electrons. The Morgan fingerprint density at radius 2 is 2.03 bits per heavy atom. The van der Waals surface area contributed by atoms with Gasteiger partial charge in [0.2, 0.25) is 5.91 Å². The Bertz CT molecular complexity index is 708. The molecule has 1 amide bonds. The molecular weight excluding hydrogens is 368 g/mol. The van der Waals surface area contributed by atoms with E-state index in [9.17, 15) is 14.4 Å². The van der Waals surface area contributed by atoms with Gasteiger partial charge in [0.25, 0.3) is 0 Å². The quantitative estimate of drug-likeness (QED) is 0.509. The zero-order valence-electron chi connectivity index (χ0n) is 17.4. The van der Waals surface area contributed by atoms with Crippen LogP contribution in [0, 0.1) is 5.92 Å². The standard InChI is InChI=1S/C23H32N2O4/c1-3-29-23(28)20(13-12-17-8-5-4-6-9-17)24-16(2)22(27)25-19(15-26)14-18-10-7-11-21(18)25/h4-6,8-9,15-16,18-21,24H,3,7,10-14H2,1-2H3. The monoisotopic (exact) mass is 400 g/mol. The highest BCUT2D eigenvalue weighted by atomic mass is 16.5. The molecule has 1 N–H and O–H groups in total. The average molecular weight is 401 g/mol.